The number of carbonyl (C=O) groups is 1. The Kier molecular flexibility index (Phi) is 6.07. The van der Waals surface area contributed by atoms with E-state index in [-0.39, 0.29) is 23.7 Å². The normalized spacial score (nSPS) is 19.0. The molecule has 0 bridgehead atoms. The third kappa shape index (κ3) is 4.93. The zero-order valence-electron chi connectivity index (χ0n) is 14.6. The van der Waals surface area contributed by atoms with Crippen LogP contribution in [0.3, 0.4) is 0 Å². The summed E-state index contributed by atoms with van der Waals surface area (Å²) < 4.78 is 53.6. The lowest BCUT2D eigenvalue weighted by atomic mass is 10.2. The number of likely N-dealkylation sites (N-methyl/N-ethyl adjacent to an activating group) is 1. The Bertz CT molecular complexity index is 959. The molecule has 1 saturated heterocycles. The molecule has 1 heterocycles. The van der Waals surface area contributed by atoms with Gasteiger partial charge in [-0.3, -0.25) is 14.9 Å². The Hall–Kier alpha value is -2.25. The minimum Gasteiger partial charge on any atom is -0.497 e. The number of ether oxygens (including phenoxy) is 1. The van der Waals surface area contributed by atoms with Gasteiger partial charge < -0.3 is 10.1 Å². The van der Waals surface area contributed by atoms with Crippen molar-refractivity contribution in [1.29, 1.82) is 0 Å². The zero-order chi connectivity index (χ0) is 20.4. The first-order chi connectivity index (χ1) is 12.5. The van der Waals surface area contributed by atoms with Crippen LogP contribution >= 0.6 is 0 Å². The van der Waals surface area contributed by atoms with Crippen molar-refractivity contribution in [3.8, 4) is 5.75 Å². The highest BCUT2D eigenvalue weighted by Gasteiger charge is 2.33. The van der Waals surface area contributed by atoms with E-state index in [0.29, 0.717) is 4.31 Å². The number of benzene rings is 1. The molecule has 0 aromatic heterocycles. The van der Waals surface area contributed by atoms with Gasteiger partial charge in [-0.05, 0) is 18.6 Å². The second-order valence-corrected chi connectivity index (χ2v) is 10.3. The van der Waals surface area contributed by atoms with Gasteiger partial charge in [-0.15, -0.1) is 0 Å². The first-order valence-corrected chi connectivity index (χ1v) is 11.0. The number of nitrogens with one attached hydrogen (secondary N) is 1. The molecule has 0 saturated carbocycles. The standard InChI is InChI=1S/C14H19N3O8S2/c1-16(8-14(18)15-10-5-6-26(21,22)9-10)27(23,24)13-4-3-11(25-2)7-12(13)17(19)20/h3-4,7,10H,5-6,8-9H2,1-2H3,(H,15,18)/t10-/m1/s1. The molecule has 1 amide bonds. The molecule has 11 nitrogen and oxygen atoms in total. The van der Waals surface area contributed by atoms with E-state index < -0.39 is 53.9 Å². The lowest BCUT2D eigenvalue weighted by molar-refractivity contribution is -0.387. The van der Waals surface area contributed by atoms with Gasteiger partial charge in [-0.2, -0.15) is 4.31 Å². The van der Waals surface area contributed by atoms with Crippen LogP contribution in [-0.4, -0.2) is 70.2 Å². The van der Waals surface area contributed by atoms with Crippen molar-refractivity contribution in [1.82, 2.24) is 9.62 Å². The van der Waals surface area contributed by atoms with Crippen LogP contribution in [0.2, 0.25) is 0 Å². The molecule has 0 aliphatic carbocycles. The quantitative estimate of drug-likeness (QED) is 0.458. The molecule has 1 aliphatic heterocycles. The highest BCUT2D eigenvalue weighted by molar-refractivity contribution is 7.91. The van der Waals surface area contributed by atoms with Crippen molar-refractivity contribution in [3.63, 3.8) is 0 Å². The van der Waals surface area contributed by atoms with E-state index in [1.54, 1.807) is 0 Å². The zero-order valence-corrected chi connectivity index (χ0v) is 16.2. The Morgan fingerprint density at radius 1 is 1.44 bits per heavy atom. The van der Waals surface area contributed by atoms with E-state index in [2.05, 4.69) is 5.32 Å². The van der Waals surface area contributed by atoms with Crippen molar-refractivity contribution in [2.45, 2.75) is 17.4 Å². The maximum atomic E-state index is 12.6. The van der Waals surface area contributed by atoms with E-state index in [1.807, 2.05) is 0 Å². The van der Waals surface area contributed by atoms with E-state index >= 15 is 0 Å². The topological polar surface area (TPSA) is 153 Å². The third-order valence-electron chi connectivity index (χ3n) is 4.01. The highest BCUT2D eigenvalue weighted by atomic mass is 32.2. The molecule has 13 heteroatoms. The molecular weight excluding hydrogens is 402 g/mol. The van der Waals surface area contributed by atoms with Crippen LogP contribution in [0.25, 0.3) is 0 Å². The molecule has 1 aromatic rings. The van der Waals surface area contributed by atoms with Crippen molar-refractivity contribution >= 4 is 31.5 Å². The van der Waals surface area contributed by atoms with Crippen LogP contribution in [-0.2, 0) is 24.7 Å². The van der Waals surface area contributed by atoms with Gasteiger partial charge in [0.2, 0.25) is 15.9 Å². The number of sulfone groups is 1. The van der Waals surface area contributed by atoms with E-state index in [0.717, 1.165) is 19.2 Å². The van der Waals surface area contributed by atoms with Gasteiger partial charge in [0.15, 0.2) is 14.7 Å². The van der Waals surface area contributed by atoms with Gasteiger partial charge in [0, 0.05) is 13.1 Å². The van der Waals surface area contributed by atoms with Gasteiger partial charge in [0.05, 0.1) is 36.1 Å². The average Bonchev–Trinajstić information content (AvgIpc) is 2.92. The summed E-state index contributed by atoms with van der Waals surface area (Å²) in [4.78, 5) is 21.8. The lowest BCUT2D eigenvalue weighted by Crippen LogP contribution is -2.43. The Balaban J connectivity index is 2.16. The van der Waals surface area contributed by atoms with Gasteiger partial charge in [-0.1, -0.05) is 0 Å². The third-order valence-corrected chi connectivity index (χ3v) is 7.63. The molecule has 150 valence electrons. The average molecular weight is 421 g/mol. The van der Waals surface area contributed by atoms with E-state index in [4.69, 9.17) is 4.74 Å². The molecule has 1 fully saturated rings. The lowest BCUT2D eigenvalue weighted by Gasteiger charge is -2.18. The second-order valence-electron chi connectivity index (χ2n) is 6.02. The van der Waals surface area contributed by atoms with Crippen molar-refractivity contribution < 1.29 is 31.3 Å². The summed E-state index contributed by atoms with van der Waals surface area (Å²) in [7, 11) is -5.14. The SMILES string of the molecule is COc1ccc(S(=O)(=O)N(C)CC(=O)N[C@@H]2CCS(=O)(=O)C2)c([N+](=O)[O-])c1. The number of sulfonamides is 1. The van der Waals surface area contributed by atoms with Crippen LogP contribution in [0.4, 0.5) is 5.69 Å². The van der Waals surface area contributed by atoms with Crippen LogP contribution < -0.4 is 10.1 Å². The van der Waals surface area contributed by atoms with Crippen LogP contribution in [0, 0.1) is 10.1 Å². The largest absolute Gasteiger partial charge is 0.497 e. The predicted octanol–water partition coefficient (Wildman–Crippen LogP) is -0.473. The predicted molar refractivity (Wildman–Crippen MR) is 94.7 cm³/mol. The van der Waals surface area contributed by atoms with E-state index in [1.165, 1.54) is 13.2 Å². The number of carbonyl (C=O) groups excluding carboxylic acids is 1. The summed E-state index contributed by atoms with van der Waals surface area (Å²) in [6.45, 7) is -0.609. The summed E-state index contributed by atoms with van der Waals surface area (Å²) in [5.74, 6) is -0.814. The molecule has 0 spiro atoms. The molecule has 0 unspecified atom stereocenters. The number of nitro groups is 1. The first kappa shape index (κ1) is 21.1. The second kappa shape index (κ2) is 7.78. The van der Waals surface area contributed by atoms with E-state index in [9.17, 15) is 31.7 Å². The van der Waals surface area contributed by atoms with Crippen LogP contribution in [0.5, 0.6) is 5.75 Å². The maximum Gasteiger partial charge on any atom is 0.293 e. The molecule has 1 atom stereocenters. The monoisotopic (exact) mass is 421 g/mol. The van der Waals surface area contributed by atoms with Gasteiger partial charge in [0.25, 0.3) is 5.69 Å². The molecule has 2 rings (SSSR count). The number of nitro benzene ring substituents is 1. The molecule has 27 heavy (non-hydrogen) atoms. The number of methoxy groups -OCH3 is 1. The molecule has 1 aliphatic rings. The summed E-state index contributed by atoms with van der Waals surface area (Å²) in [5.41, 5.74) is -0.677. The fraction of sp³-hybridized carbons (Fsp3) is 0.500. The Morgan fingerprint density at radius 3 is 2.63 bits per heavy atom. The van der Waals surface area contributed by atoms with Crippen molar-refractivity contribution in [2.75, 3.05) is 32.2 Å². The molecule has 1 aromatic carbocycles. The van der Waals surface area contributed by atoms with Gasteiger partial charge >= 0.3 is 0 Å². The minimum absolute atomic E-state index is 0.0376. The number of amides is 1. The summed E-state index contributed by atoms with van der Waals surface area (Å²) in [5, 5.41) is 13.7. The first-order valence-electron chi connectivity index (χ1n) is 7.75. The number of nitrogens with zero attached hydrogens (tertiary/aromatic N) is 2. The molecule has 1 N–H and O–H groups in total. The number of hydrogen-bond donors (Lipinski definition) is 1. The number of hydrogen-bond acceptors (Lipinski definition) is 8. The molecule has 0 radical (unpaired) electrons. The summed E-state index contributed by atoms with van der Waals surface area (Å²) in [6.07, 6.45) is 0.258. The van der Waals surface area contributed by atoms with Gasteiger partial charge in [-0.25, -0.2) is 16.8 Å². The smallest absolute Gasteiger partial charge is 0.293 e. The van der Waals surface area contributed by atoms with Crippen LogP contribution in [0.15, 0.2) is 23.1 Å². The fourth-order valence-electron chi connectivity index (χ4n) is 2.62. The van der Waals surface area contributed by atoms with Crippen molar-refractivity contribution in [3.05, 3.63) is 28.3 Å². The molecular formula is C14H19N3O8S2. The number of rotatable bonds is 7. The summed E-state index contributed by atoms with van der Waals surface area (Å²) >= 11 is 0. The van der Waals surface area contributed by atoms with Crippen LogP contribution in [0.1, 0.15) is 6.42 Å². The van der Waals surface area contributed by atoms with Gasteiger partial charge in [0.1, 0.15) is 5.75 Å². The fourth-order valence-corrected chi connectivity index (χ4v) is 5.56. The minimum atomic E-state index is -4.33. The van der Waals surface area contributed by atoms with Crippen molar-refractivity contribution in [2.24, 2.45) is 0 Å². The maximum absolute atomic E-state index is 12.6. The summed E-state index contributed by atoms with van der Waals surface area (Å²) in [6, 6.07) is 2.69. The Morgan fingerprint density at radius 2 is 2.11 bits per heavy atom. The highest BCUT2D eigenvalue weighted by Crippen LogP contribution is 2.30. The Labute approximate surface area is 156 Å².